The number of methoxy groups -OCH3 is 1. The van der Waals surface area contributed by atoms with Gasteiger partial charge in [-0.05, 0) is 29.8 Å². The summed E-state index contributed by atoms with van der Waals surface area (Å²) in [6.07, 6.45) is -0.324. The Labute approximate surface area is 116 Å². The monoisotopic (exact) mass is 271 g/mol. The summed E-state index contributed by atoms with van der Waals surface area (Å²) in [6, 6.07) is 12.3. The van der Waals surface area contributed by atoms with Gasteiger partial charge in [-0.2, -0.15) is 0 Å². The summed E-state index contributed by atoms with van der Waals surface area (Å²) in [7, 11) is 1.61. The van der Waals surface area contributed by atoms with E-state index in [0.29, 0.717) is 11.3 Å². The Balaban J connectivity index is 1.97. The molecule has 1 unspecified atom stereocenters. The van der Waals surface area contributed by atoms with E-state index in [4.69, 9.17) is 10.5 Å². The lowest BCUT2D eigenvalue weighted by Gasteiger charge is -2.24. The van der Waals surface area contributed by atoms with Crippen LogP contribution in [0.2, 0.25) is 0 Å². The molecule has 2 aromatic carbocycles. The smallest absolute Gasteiger partial charge is 0.147 e. The van der Waals surface area contributed by atoms with Crippen molar-refractivity contribution in [3.05, 3.63) is 59.4 Å². The van der Waals surface area contributed by atoms with Gasteiger partial charge < -0.3 is 15.8 Å². The van der Waals surface area contributed by atoms with Gasteiger partial charge in [-0.25, -0.2) is 9.38 Å². The molecule has 0 bridgehead atoms. The average molecular weight is 271 g/mol. The number of hydrogen-bond acceptors (Lipinski definition) is 4. The zero-order chi connectivity index (χ0) is 14.1. The third kappa shape index (κ3) is 2.07. The molecule has 0 saturated carbocycles. The molecule has 5 heteroatoms. The molecule has 0 amide bonds. The SMILES string of the molecule is COc1ccc(C2N=C(N)c3c(F)cccc3N2)cc1. The fourth-order valence-electron chi connectivity index (χ4n) is 2.23. The number of aliphatic imine (C=N–C) groups is 1. The van der Waals surface area contributed by atoms with E-state index in [0.717, 1.165) is 11.3 Å². The maximum absolute atomic E-state index is 13.7. The van der Waals surface area contributed by atoms with Crippen molar-refractivity contribution in [1.82, 2.24) is 0 Å². The number of fused-ring (bicyclic) bond motifs is 1. The molecule has 0 radical (unpaired) electrons. The van der Waals surface area contributed by atoms with Crippen LogP contribution in [0.4, 0.5) is 10.1 Å². The molecular formula is C15H14FN3O. The maximum atomic E-state index is 13.7. The maximum Gasteiger partial charge on any atom is 0.147 e. The van der Waals surface area contributed by atoms with E-state index in [1.165, 1.54) is 6.07 Å². The number of amidine groups is 1. The Kier molecular flexibility index (Phi) is 3.02. The second-order valence-corrected chi connectivity index (χ2v) is 4.50. The number of rotatable bonds is 2. The molecule has 102 valence electrons. The Morgan fingerprint density at radius 2 is 1.95 bits per heavy atom. The highest BCUT2D eigenvalue weighted by Gasteiger charge is 2.22. The molecule has 1 aliphatic rings. The van der Waals surface area contributed by atoms with Crippen molar-refractivity contribution in [2.45, 2.75) is 6.17 Å². The summed E-state index contributed by atoms with van der Waals surface area (Å²) in [5.41, 5.74) is 7.79. The summed E-state index contributed by atoms with van der Waals surface area (Å²) < 4.78 is 18.9. The van der Waals surface area contributed by atoms with Crippen LogP contribution in [0.3, 0.4) is 0 Å². The predicted molar refractivity (Wildman–Crippen MR) is 76.5 cm³/mol. The highest BCUT2D eigenvalue weighted by molar-refractivity contribution is 6.04. The summed E-state index contributed by atoms with van der Waals surface area (Å²) in [5.74, 6) is 0.607. The minimum Gasteiger partial charge on any atom is -0.497 e. The minimum absolute atomic E-state index is 0.206. The van der Waals surface area contributed by atoms with Gasteiger partial charge in [-0.15, -0.1) is 0 Å². The zero-order valence-electron chi connectivity index (χ0n) is 10.9. The van der Waals surface area contributed by atoms with E-state index >= 15 is 0 Å². The summed E-state index contributed by atoms with van der Waals surface area (Å²) >= 11 is 0. The first-order valence-electron chi connectivity index (χ1n) is 6.21. The Morgan fingerprint density at radius 1 is 1.20 bits per heavy atom. The van der Waals surface area contributed by atoms with Gasteiger partial charge in [-0.1, -0.05) is 18.2 Å². The van der Waals surface area contributed by atoms with Gasteiger partial charge in [0.2, 0.25) is 0 Å². The van der Waals surface area contributed by atoms with Gasteiger partial charge in [0.25, 0.3) is 0 Å². The topological polar surface area (TPSA) is 59.6 Å². The van der Waals surface area contributed by atoms with Crippen LogP contribution in [-0.4, -0.2) is 12.9 Å². The highest BCUT2D eigenvalue weighted by atomic mass is 19.1. The molecule has 3 N–H and O–H groups in total. The normalized spacial score (nSPS) is 16.9. The average Bonchev–Trinajstić information content (AvgIpc) is 2.47. The van der Waals surface area contributed by atoms with Crippen LogP contribution in [0, 0.1) is 5.82 Å². The molecule has 0 aliphatic carbocycles. The van der Waals surface area contributed by atoms with Gasteiger partial charge >= 0.3 is 0 Å². The molecule has 0 aromatic heterocycles. The van der Waals surface area contributed by atoms with Gasteiger partial charge in [0.15, 0.2) is 0 Å². The number of nitrogens with zero attached hydrogens (tertiary/aromatic N) is 1. The Bertz CT molecular complexity index is 667. The first kappa shape index (κ1) is 12.5. The predicted octanol–water partition coefficient (Wildman–Crippen LogP) is 2.66. The molecule has 20 heavy (non-hydrogen) atoms. The van der Waals surface area contributed by atoms with Crippen LogP contribution in [-0.2, 0) is 0 Å². The highest BCUT2D eigenvalue weighted by Crippen LogP contribution is 2.30. The Hall–Kier alpha value is -2.56. The molecule has 1 aliphatic heterocycles. The summed E-state index contributed by atoms with van der Waals surface area (Å²) in [4.78, 5) is 4.31. The van der Waals surface area contributed by atoms with Crippen molar-refractivity contribution in [2.75, 3.05) is 12.4 Å². The molecule has 4 nitrogen and oxygen atoms in total. The zero-order valence-corrected chi connectivity index (χ0v) is 10.9. The fourth-order valence-corrected chi connectivity index (χ4v) is 2.23. The first-order valence-corrected chi connectivity index (χ1v) is 6.21. The van der Waals surface area contributed by atoms with Gasteiger partial charge in [-0.3, -0.25) is 0 Å². The standard InChI is InChI=1S/C15H14FN3O/c1-20-10-7-5-9(6-8-10)15-18-12-4-2-3-11(16)13(12)14(17)19-15/h2-8,15,18H,1H3,(H2,17,19). The quantitative estimate of drug-likeness (QED) is 0.882. The number of hydrogen-bond donors (Lipinski definition) is 2. The van der Waals surface area contributed by atoms with Crippen molar-refractivity contribution in [1.29, 1.82) is 0 Å². The van der Waals surface area contributed by atoms with E-state index in [2.05, 4.69) is 10.3 Å². The number of anilines is 1. The van der Waals surface area contributed by atoms with Crippen LogP contribution < -0.4 is 15.8 Å². The second-order valence-electron chi connectivity index (χ2n) is 4.50. The van der Waals surface area contributed by atoms with E-state index in [1.807, 2.05) is 24.3 Å². The van der Waals surface area contributed by atoms with E-state index < -0.39 is 0 Å². The van der Waals surface area contributed by atoms with E-state index in [9.17, 15) is 4.39 Å². The van der Waals surface area contributed by atoms with Crippen molar-refractivity contribution in [2.24, 2.45) is 10.7 Å². The van der Waals surface area contributed by atoms with Crippen LogP contribution in [0.1, 0.15) is 17.3 Å². The van der Waals surface area contributed by atoms with Crippen LogP contribution in [0.15, 0.2) is 47.5 Å². The van der Waals surface area contributed by atoms with Crippen molar-refractivity contribution >= 4 is 11.5 Å². The lowest BCUT2D eigenvalue weighted by Crippen LogP contribution is -2.26. The molecule has 2 aromatic rings. The number of nitrogens with two attached hydrogens (primary N) is 1. The van der Waals surface area contributed by atoms with E-state index in [-0.39, 0.29) is 17.8 Å². The van der Waals surface area contributed by atoms with Crippen molar-refractivity contribution in [3.8, 4) is 5.75 Å². The number of nitrogens with one attached hydrogen (secondary N) is 1. The Morgan fingerprint density at radius 3 is 2.65 bits per heavy atom. The molecule has 1 atom stereocenters. The summed E-state index contributed by atoms with van der Waals surface area (Å²) in [5, 5.41) is 3.17. The molecule has 1 heterocycles. The van der Waals surface area contributed by atoms with Gasteiger partial charge in [0.1, 0.15) is 23.6 Å². The lowest BCUT2D eigenvalue weighted by atomic mass is 10.1. The minimum atomic E-state index is -0.371. The first-order chi connectivity index (χ1) is 9.69. The number of ether oxygens (including phenoxy) is 1. The van der Waals surface area contributed by atoms with Crippen molar-refractivity contribution < 1.29 is 9.13 Å². The van der Waals surface area contributed by atoms with Gasteiger partial charge in [0.05, 0.1) is 12.7 Å². The van der Waals surface area contributed by atoms with E-state index in [1.54, 1.807) is 19.2 Å². The third-order valence-corrected chi connectivity index (χ3v) is 3.26. The van der Waals surface area contributed by atoms with Gasteiger partial charge in [0, 0.05) is 5.69 Å². The summed E-state index contributed by atoms with van der Waals surface area (Å²) in [6.45, 7) is 0. The third-order valence-electron chi connectivity index (χ3n) is 3.26. The molecule has 0 saturated heterocycles. The van der Waals surface area contributed by atoms with Crippen LogP contribution >= 0.6 is 0 Å². The molecule has 0 spiro atoms. The second kappa shape index (κ2) is 4.85. The largest absolute Gasteiger partial charge is 0.497 e. The molecule has 3 rings (SSSR count). The lowest BCUT2D eigenvalue weighted by molar-refractivity contribution is 0.414. The number of halogens is 1. The van der Waals surface area contributed by atoms with Crippen molar-refractivity contribution in [3.63, 3.8) is 0 Å². The van der Waals surface area contributed by atoms with Crippen LogP contribution in [0.25, 0.3) is 0 Å². The number of benzene rings is 2. The molecular weight excluding hydrogens is 257 g/mol. The fraction of sp³-hybridized carbons (Fsp3) is 0.133. The molecule has 0 fully saturated rings. The van der Waals surface area contributed by atoms with Crippen LogP contribution in [0.5, 0.6) is 5.75 Å².